The van der Waals surface area contributed by atoms with Gasteiger partial charge in [0.15, 0.2) is 5.75 Å². The smallest absolute Gasteiger partial charge is 0.404 e. The third-order valence-electron chi connectivity index (χ3n) is 5.61. The minimum absolute atomic E-state index is 0.110. The van der Waals surface area contributed by atoms with Crippen molar-refractivity contribution >= 4 is 17.9 Å². The van der Waals surface area contributed by atoms with Gasteiger partial charge < -0.3 is 25.0 Å². The van der Waals surface area contributed by atoms with Crippen LogP contribution in [-0.4, -0.2) is 71.8 Å². The van der Waals surface area contributed by atoms with E-state index in [1.807, 2.05) is 11.9 Å². The SMILES string of the molecule is CN1CCCC2(CCN(c3ncc(OC/C(=C/F)CNC(=O)O)cn3)CC2)C1=O. The van der Waals surface area contributed by atoms with Crippen LogP contribution in [0.25, 0.3) is 0 Å². The molecule has 2 saturated heterocycles. The van der Waals surface area contributed by atoms with Crippen molar-refractivity contribution in [1.82, 2.24) is 20.2 Å². The van der Waals surface area contributed by atoms with Crippen molar-refractivity contribution in [2.24, 2.45) is 5.41 Å². The van der Waals surface area contributed by atoms with Gasteiger partial charge in [-0.2, -0.15) is 0 Å². The van der Waals surface area contributed by atoms with Crippen LogP contribution in [-0.2, 0) is 4.79 Å². The summed E-state index contributed by atoms with van der Waals surface area (Å²) in [7, 11) is 1.87. The molecule has 1 aromatic heterocycles. The Balaban J connectivity index is 1.52. The third kappa shape index (κ3) is 4.93. The minimum atomic E-state index is -1.23. The van der Waals surface area contributed by atoms with Crippen LogP contribution in [0.15, 0.2) is 24.3 Å². The molecule has 1 spiro atoms. The summed E-state index contributed by atoms with van der Waals surface area (Å²) in [6.45, 7) is 2.00. The van der Waals surface area contributed by atoms with Crippen LogP contribution >= 0.6 is 0 Å². The normalized spacial score (nSPS) is 19.4. The van der Waals surface area contributed by atoms with Gasteiger partial charge in [0.2, 0.25) is 11.9 Å². The van der Waals surface area contributed by atoms with Crippen LogP contribution in [0.3, 0.4) is 0 Å². The minimum Gasteiger partial charge on any atom is -0.486 e. The van der Waals surface area contributed by atoms with E-state index >= 15 is 0 Å². The van der Waals surface area contributed by atoms with E-state index in [-0.39, 0.29) is 30.0 Å². The number of carbonyl (C=O) groups excluding carboxylic acids is 1. The first-order chi connectivity index (χ1) is 13.9. The van der Waals surface area contributed by atoms with Gasteiger partial charge >= 0.3 is 6.09 Å². The Bertz CT molecular complexity index is 762. The van der Waals surface area contributed by atoms with E-state index in [0.717, 1.165) is 45.3 Å². The highest BCUT2D eigenvalue weighted by atomic mass is 19.1. The summed E-state index contributed by atoms with van der Waals surface area (Å²) < 4.78 is 18.2. The van der Waals surface area contributed by atoms with Crippen molar-refractivity contribution in [3.63, 3.8) is 0 Å². The van der Waals surface area contributed by atoms with Crippen molar-refractivity contribution in [1.29, 1.82) is 0 Å². The molecule has 2 amide bonds. The molecule has 29 heavy (non-hydrogen) atoms. The molecule has 0 unspecified atom stereocenters. The van der Waals surface area contributed by atoms with Crippen molar-refractivity contribution in [3.8, 4) is 5.75 Å². The fraction of sp³-hybridized carbons (Fsp3) is 0.579. The number of nitrogens with zero attached hydrogens (tertiary/aromatic N) is 4. The lowest BCUT2D eigenvalue weighted by Gasteiger charge is -2.45. The van der Waals surface area contributed by atoms with Crippen molar-refractivity contribution < 1.29 is 23.8 Å². The second-order valence-electron chi connectivity index (χ2n) is 7.53. The van der Waals surface area contributed by atoms with E-state index < -0.39 is 6.09 Å². The number of amides is 2. The Labute approximate surface area is 168 Å². The lowest BCUT2D eigenvalue weighted by atomic mass is 9.72. The second kappa shape index (κ2) is 9.06. The van der Waals surface area contributed by atoms with Crippen LogP contribution in [0.5, 0.6) is 5.75 Å². The highest BCUT2D eigenvalue weighted by Gasteiger charge is 2.44. The number of aromatic nitrogens is 2. The number of carboxylic acid groups (broad SMARTS) is 1. The van der Waals surface area contributed by atoms with Crippen LogP contribution in [0.4, 0.5) is 15.1 Å². The zero-order chi connectivity index (χ0) is 20.9. The van der Waals surface area contributed by atoms with Gasteiger partial charge in [-0.05, 0) is 25.7 Å². The fourth-order valence-corrected chi connectivity index (χ4v) is 3.90. The van der Waals surface area contributed by atoms with Crippen LogP contribution in [0.2, 0.25) is 0 Å². The van der Waals surface area contributed by atoms with Gasteiger partial charge in [-0.1, -0.05) is 0 Å². The molecule has 10 heteroatoms. The van der Waals surface area contributed by atoms with E-state index in [1.165, 1.54) is 12.4 Å². The number of halogens is 1. The van der Waals surface area contributed by atoms with Crippen molar-refractivity contribution in [3.05, 3.63) is 24.3 Å². The Morgan fingerprint density at radius 2 is 2.00 bits per heavy atom. The summed E-state index contributed by atoms with van der Waals surface area (Å²) in [4.78, 5) is 35.6. The molecule has 1 aromatic rings. The second-order valence-corrected chi connectivity index (χ2v) is 7.53. The molecule has 2 N–H and O–H groups in total. The Kier molecular flexibility index (Phi) is 6.50. The van der Waals surface area contributed by atoms with Gasteiger partial charge in [-0.3, -0.25) is 4.79 Å². The van der Waals surface area contributed by atoms with Crippen LogP contribution in [0.1, 0.15) is 25.7 Å². The number of anilines is 1. The van der Waals surface area contributed by atoms with E-state index in [0.29, 0.717) is 18.0 Å². The summed E-state index contributed by atoms with van der Waals surface area (Å²) >= 11 is 0. The molecule has 2 aliphatic rings. The summed E-state index contributed by atoms with van der Waals surface area (Å²) in [5, 5.41) is 10.6. The van der Waals surface area contributed by atoms with E-state index in [2.05, 4.69) is 20.2 Å². The molecule has 0 radical (unpaired) electrons. The van der Waals surface area contributed by atoms with Gasteiger partial charge in [-0.25, -0.2) is 19.2 Å². The maximum atomic E-state index is 12.8. The first kappa shape index (κ1) is 20.8. The molecule has 2 fully saturated rings. The van der Waals surface area contributed by atoms with Crippen LogP contribution in [0, 0.1) is 5.41 Å². The number of carbonyl (C=O) groups is 2. The molecule has 0 aromatic carbocycles. The number of hydrogen-bond donors (Lipinski definition) is 2. The third-order valence-corrected chi connectivity index (χ3v) is 5.61. The lowest BCUT2D eigenvalue weighted by Crippen LogP contribution is -2.52. The largest absolute Gasteiger partial charge is 0.486 e. The topological polar surface area (TPSA) is 108 Å². The average molecular weight is 407 g/mol. The average Bonchev–Trinajstić information content (AvgIpc) is 2.73. The van der Waals surface area contributed by atoms with E-state index in [4.69, 9.17) is 9.84 Å². The van der Waals surface area contributed by atoms with Gasteiger partial charge in [0.25, 0.3) is 0 Å². The maximum Gasteiger partial charge on any atom is 0.404 e. The molecule has 9 nitrogen and oxygen atoms in total. The van der Waals surface area contributed by atoms with Gasteiger partial charge in [-0.15, -0.1) is 0 Å². The molecule has 0 saturated carbocycles. The molecule has 3 heterocycles. The summed E-state index contributed by atoms with van der Waals surface area (Å²) in [5.74, 6) is 1.18. The summed E-state index contributed by atoms with van der Waals surface area (Å²) in [5.41, 5.74) is -0.0917. The molecule has 0 bridgehead atoms. The van der Waals surface area contributed by atoms with E-state index in [1.54, 1.807) is 0 Å². The number of likely N-dealkylation sites (tertiary alicyclic amines) is 1. The monoisotopic (exact) mass is 407 g/mol. The standard InChI is InChI=1S/C19H26FN5O4/c1-24-6-2-3-19(16(24)26)4-7-25(8-5-19)17-21-11-15(12-22-17)29-13-14(9-20)10-23-18(27)28/h9,11-12,23H,2-8,10,13H2,1H3,(H,27,28)/b14-9+. The molecule has 2 aliphatic heterocycles. The summed E-state index contributed by atoms with van der Waals surface area (Å²) in [6.07, 6.45) is 5.67. The lowest BCUT2D eigenvalue weighted by molar-refractivity contribution is -0.146. The van der Waals surface area contributed by atoms with Crippen LogP contribution < -0.4 is 15.0 Å². The van der Waals surface area contributed by atoms with Gasteiger partial charge in [0.1, 0.15) is 6.61 Å². The zero-order valence-electron chi connectivity index (χ0n) is 16.4. The molecular formula is C19H26FN5O4. The van der Waals surface area contributed by atoms with E-state index in [9.17, 15) is 14.0 Å². The van der Waals surface area contributed by atoms with Crippen molar-refractivity contribution in [2.45, 2.75) is 25.7 Å². The molecule has 3 rings (SSSR count). The number of piperidine rings is 2. The zero-order valence-corrected chi connectivity index (χ0v) is 16.4. The number of ether oxygens (including phenoxy) is 1. The van der Waals surface area contributed by atoms with Crippen molar-refractivity contribution in [2.75, 3.05) is 44.7 Å². The Morgan fingerprint density at radius 3 is 2.62 bits per heavy atom. The maximum absolute atomic E-state index is 12.8. The quantitative estimate of drug-likeness (QED) is 0.740. The molecule has 0 atom stereocenters. The predicted octanol–water partition coefficient (Wildman–Crippen LogP) is 1.82. The fourth-order valence-electron chi connectivity index (χ4n) is 3.90. The number of rotatable bonds is 6. The molecule has 158 valence electrons. The van der Waals surface area contributed by atoms with Gasteiger partial charge in [0.05, 0.1) is 24.1 Å². The van der Waals surface area contributed by atoms with Gasteiger partial charge in [0, 0.05) is 38.8 Å². The molecule has 0 aliphatic carbocycles. The first-order valence-corrected chi connectivity index (χ1v) is 9.64. The summed E-state index contributed by atoms with van der Waals surface area (Å²) in [6, 6.07) is 0. The number of nitrogens with one attached hydrogen (secondary N) is 1. The Morgan fingerprint density at radius 1 is 1.31 bits per heavy atom. The highest BCUT2D eigenvalue weighted by Crippen LogP contribution is 2.41. The first-order valence-electron chi connectivity index (χ1n) is 9.64. The Hall–Kier alpha value is -2.91. The number of hydrogen-bond acceptors (Lipinski definition) is 6. The predicted molar refractivity (Wildman–Crippen MR) is 103 cm³/mol. The highest BCUT2D eigenvalue weighted by molar-refractivity contribution is 5.83. The molecular weight excluding hydrogens is 381 g/mol.